The Kier molecular flexibility index (Phi) is 4.41. The lowest BCUT2D eigenvalue weighted by atomic mass is 10.1. The summed E-state index contributed by atoms with van der Waals surface area (Å²) < 4.78 is 33.3. The van der Waals surface area contributed by atoms with E-state index < -0.39 is 16.0 Å². The van der Waals surface area contributed by atoms with Crippen LogP contribution >= 0.6 is 0 Å². The van der Waals surface area contributed by atoms with E-state index in [-0.39, 0.29) is 23.1 Å². The minimum Gasteiger partial charge on any atom is -0.460 e. The summed E-state index contributed by atoms with van der Waals surface area (Å²) in [4.78, 5) is 11.6. The zero-order valence-corrected chi connectivity index (χ0v) is 11.9. The van der Waals surface area contributed by atoms with Gasteiger partial charge in [0.2, 0.25) is 10.0 Å². The zero-order valence-electron chi connectivity index (χ0n) is 11.1. The topological polar surface area (TPSA) is 124 Å². The first kappa shape index (κ1) is 14.9. The SMILES string of the molecule is CCc1[nH]nc(C(=O)OCC2CCOC2)c1S(N)(=O)=O. The number of esters is 1. The fourth-order valence-corrected chi connectivity index (χ4v) is 2.96. The normalized spacial score (nSPS) is 19.2. The Morgan fingerprint density at radius 1 is 1.60 bits per heavy atom. The van der Waals surface area contributed by atoms with Crippen molar-refractivity contribution in [3.8, 4) is 0 Å². The van der Waals surface area contributed by atoms with E-state index in [4.69, 9.17) is 14.6 Å². The summed E-state index contributed by atoms with van der Waals surface area (Å²) in [6.45, 7) is 3.09. The highest BCUT2D eigenvalue weighted by Gasteiger charge is 2.28. The largest absolute Gasteiger partial charge is 0.460 e. The Labute approximate surface area is 116 Å². The first-order chi connectivity index (χ1) is 9.43. The van der Waals surface area contributed by atoms with Gasteiger partial charge in [0.15, 0.2) is 5.69 Å². The van der Waals surface area contributed by atoms with Crippen LogP contribution in [0.25, 0.3) is 0 Å². The van der Waals surface area contributed by atoms with Crippen molar-refractivity contribution in [2.45, 2.75) is 24.7 Å². The fraction of sp³-hybridized carbons (Fsp3) is 0.636. The molecule has 20 heavy (non-hydrogen) atoms. The van der Waals surface area contributed by atoms with Crippen LogP contribution in [0.2, 0.25) is 0 Å². The molecule has 1 aromatic rings. The van der Waals surface area contributed by atoms with Crippen LogP contribution in [-0.2, 0) is 25.9 Å². The summed E-state index contributed by atoms with van der Waals surface area (Å²) in [6.07, 6.45) is 1.18. The number of nitrogens with two attached hydrogens (primary N) is 1. The maximum absolute atomic E-state index is 11.9. The fourth-order valence-electron chi connectivity index (χ4n) is 2.03. The van der Waals surface area contributed by atoms with Crippen molar-refractivity contribution in [1.82, 2.24) is 10.2 Å². The van der Waals surface area contributed by atoms with E-state index in [1.807, 2.05) is 0 Å². The Hall–Kier alpha value is -1.45. The lowest BCUT2D eigenvalue weighted by Crippen LogP contribution is -2.20. The van der Waals surface area contributed by atoms with Gasteiger partial charge in [-0.25, -0.2) is 18.4 Å². The summed E-state index contributed by atoms with van der Waals surface area (Å²) in [5.74, 6) is -0.654. The van der Waals surface area contributed by atoms with Crippen molar-refractivity contribution < 1.29 is 22.7 Å². The van der Waals surface area contributed by atoms with Crippen LogP contribution in [0.15, 0.2) is 4.90 Å². The van der Waals surface area contributed by atoms with Gasteiger partial charge >= 0.3 is 5.97 Å². The van der Waals surface area contributed by atoms with Crippen molar-refractivity contribution in [1.29, 1.82) is 0 Å². The molecule has 0 aromatic carbocycles. The van der Waals surface area contributed by atoms with E-state index in [2.05, 4.69) is 10.2 Å². The van der Waals surface area contributed by atoms with E-state index in [1.54, 1.807) is 6.92 Å². The number of nitrogens with zero attached hydrogens (tertiary/aromatic N) is 1. The van der Waals surface area contributed by atoms with Crippen molar-refractivity contribution in [2.75, 3.05) is 19.8 Å². The van der Waals surface area contributed by atoms with Crippen molar-refractivity contribution in [3.05, 3.63) is 11.4 Å². The number of carbonyl (C=O) groups is 1. The van der Waals surface area contributed by atoms with Crippen LogP contribution in [0.4, 0.5) is 0 Å². The first-order valence-electron chi connectivity index (χ1n) is 6.28. The van der Waals surface area contributed by atoms with Crippen LogP contribution < -0.4 is 5.14 Å². The lowest BCUT2D eigenvalue weighted by molar-refractivity contribution is 0.0417. The molecule has 3 N–H and O–H groups in total. The molecule has 112 valence electrons. The standard InChI is InChI=1S/C11H17N3O5S/c1-2-8-10(20(12,16)17)9(14-13-8)11(15)19-6-7-3-4-18-5-7/h7H,2-6H2,1H3,(H,13,14)(H2,12,16,17). The molecule has 9 heteroatoms. The number of carbonyl (C=O) groups excluding carboxylic acids is 1. The summed E-state index contributed by atoms with van der Waals surface area (Å²) in [6, 6.07) is 0. The monoisotopic (exact) mass is 303 g/mol. The highest BCUT2D eigenvalue weighted by molar-refractivity contribution is 7.89. The number of primary sulfonamides is 1. The van der Waals surface area contributed by atoms with Gasteiger partial charge in [0, 0.05) is 12.5 Å². The Bertz CT molecular complexity index is 589. The summed E-state index contributed by atoms with van der Waals surface area (Å²) in [5.41, 5.74) is 0.00640. The minimum atomic E-state index is -4.03. The lowest BCUT2D eigenvalue weighted by Gasteiger charge is -2.08. The molecule has 8 nitrogen and oxygen atoms in total. The number of aryl methyl sites for hydroxylation is 1. The van der Waals surface area contributed by atoms with E-state index in [0.717, 1.165) is 6.42 Å². The van der Waals surface area contributed by atoms with Crippen molar-refractivity contribution >= 4 is 16.0 Å². The minimum absolute atomic E-state index is 0.140. The highest BCUT2D eigenvalue weighted by atomic mass is 32.2. The number of hydrogen-bond acceptors (Lipinski definition) is 6. The van der Waals surface area contributed by atoms with Crippen LogP contribution in [0.1, 0.15) is 29.5 Å². The molecule has 1 unspecified atom stereocenters. The molecule has 1 aliphatic heterocycles. The van der Waals surface area contributed by atoms with Gasteiger partial charge in [-0.05, 0) is 12.8 Å². The molecule has 1 saturated heterocycles. The molecule has 0 bridgehead atoms. The highest BCUT2D eigenvalue weighted by Crippen LogP contribution is 2.19. The number of hydrogen-bond donors (Lipinski definition) is 2. The molecule has 0 aliphatic carbocycles. The maximum Gasteiger partial charge on any atom is 0.360 e. The Morgan fingerprint density at radius 3 is 2.90 bits per heavy atom. The number of ether oxygens (including phenoxy) is 2. The number of aromatic amines is 1. The third-order valence-corrected chi connectivity index (χ3v) is 4.11. The second-order valence-electron chi connectivity index (χ2n) is 4.61. The summed E-state index contributed by atoms with van der Waals surface area (Å²) >= 11 is 0. The molecule has 0 saturated carbocycles. The van der Waals surface area contributed by atoms with Crippen LogP contribution in [0, 0.1) is 5.92 Å². The van der Waals surface area contributed by atoms with Gasteiger partial charge in [0.1, 0.15) is 4.90 Å². The predicted octanol–water partition coefficient (Wildman–Crippen LogP) is -0.187. The Morgan fingerprint density at radius 2 is 2.35 bits per heavy atom. The predicted molar refractivity (Wildman–Crippen MR) is 68.5 cm³/mol. The molecular formula is C11H17N3O5S. The number of sulfonamides is 1. The van der Waals surface area contributed by atoms with E-state index >= 15 is 0 Å². The molecule has 2 heterocycles. The number of nitrogens with one attached hydrogen (secondary N) is 1. The quantitative estimate of drug-likeness (QED) is 0.727. The third-order valence-electron chi connectivity index (χ3n) is 3.10. The average Bonchev–Trinajstić information content (AvgIpc) is 3.03. The van der Waals surface area contributed by atoms with Gasteiger partial charge in [-0.2, -0.15) is 5.10 Å². The van der Waals surface area contributed by atoms with Gasteiger partial charge in [-0.3, -0.25) is 5.10 Å². The van der Waals surface area contributed by atoms with Gasteiger partial charge in [0.05, 0.1) is 18.9 Å². The molecule has 0 radical (unpaired) electrons. The van der Waals surface area contributed by atoms with Gasteiger partial charge in [0.25, 0.3) is 0 Å². The average molecular weight is 303 g/mol. The molecule has 0 spiro atoms. The molecule has 1 aromatic heterocycles. The smallest absolute Gasteiger partial charge is 0.360 e. The van der Waals surface area contributed by atoms with Gasteiger partial charge in [-0.15, -0.1) is 0 Å². The summed E-state index contributed by atoms with van der Waals surface area (Å²) in [7, 11) is -4.03. The van der Waals surface area contributed by atoms with Crippen molar-refractivity contribution in [3.63, 3.8) is 0 Å². The van der Waals surface area contributed by atoms with E-state index in [9.17, 15) is 13.2 Å². The molecule has 1 fully saturated rings. The second-order valence-corrected chi connectivity index (χ2v) is 6.10. The zero-order chi connectivity index (χ0) is 14.8. The number of rotatable bonds is 5. The van der Waals surface area contributed by atoms with Crippen LogP contribution in [-0.4, -0.2) is 44.4 Å². The Balaban J connectivity index is 2.15. The number of H-pyrrole nitrogens is 1. The maximum atomic E-state index is 11.9. The van der Waals surface area contributed by atoms with Gasteiger partial charge in [-0.1, -0.05) is 6.92 Å². The first-order valence-corrected chi connectivity index (χ1v) is 7.83. The van der Waals surface area contributed by atoms with E-state index in [0.29, 0.717) is 25.3 Å². The number of aromatic nitrogens is 2. The second kappa shape index (κ2) is 5.90. The molecule has 0 amide bonds. The molecule has 1 aliphatic rings. The van der Waals surface area contributed by atoms with Crippen LogP contribution in [0.5, 0.6) is 0 Å². The third kappa shape index (κ3) is 3.17. The molecule has 2 rings (SSSR count). The van der Waals surface area contributed by atoms with Gasteiger partial charge < -0.3 is 9.47 Å². The molecular weight excluding hydrogens is 286 g/mol. The van der Waals surface area contributed by atoms with E-state index in [1.165, 1.54) is 0 Å². The van der Waals surface area contributed by atoms with Crippen LogP contribution in [0.3, 0.4) is 0 Å². The molecule has 1 atom stereocenters. The summed E-state index contributed by atoms with van der Waals surface area (Å²) in [5, 5.41) is 11.3. The van der Waals surface area contributed by atoms with Crippen molar-refractivity contribution in [2.24, 2.45) is 11.1 Å².